The van der Waals surface area contributed by atoms with E-state index >= 15 is 0 Å². The van der Waals surface area contributed by atoms with Crippen LogP contribution in [0.3, 0.4) is 0 Å². The first kappa shape index (κ1) is 12.8. The standard InChI is InChI=1S/C18H17NO/c20-13-15-7-4-8-18-17(15)12-11-16(19-18)10-9-14-5-2-1-3-6-14/h1-3,5-6,9-13,15H,4,7-8H2. The molecule has 0 saturated carbocycles. The second-order valence-corrected chi connectivity index (χ2v) is 5.15. The molecule has 0 spiro atoms. The highest BCUT2D eigenvalue weighted by atomic mass is 16.1. The number of nitrogens with zero attached hydrogens (tertiary/aromatic N) is 1. The molecule has 100 valence electrons. The van der Waals surface area contributed by atoms with Gasteiger partial charge in [-0.1, -0.05) is 42.5 Å². The summed E-state index contributed by atoms with van der Waals surface area (Å²) in [4.78, 5) is 15.8. The summed E-state index contributed by atoms with van der Waals surface area (Å²) >= 11 is 0. The van der Waals surface area contributed by atoms with Crippen molar-refractivity contribution >= 4 is 18.4 Å². The van der Waals surface area contributed by atoms with Gasteiger partial charge in [0.15, 0.2) is 0 Å². The summed E-state index contributed by atoms with van der Waals surface area (Å²) < 4.78 is 0. The van der Waals surface area contributed by atoms with Crippen LogP contribution in [0.5, 0.6) is 0 Å². The molecular formula is C18H17NO. The maximum Gasteiger partial charge on any atom is 0.127 e. The predicted molar refractivity (Wildman–Crippen MR) is 81.4 cm³/mol. The van der Waals surface area contributed by atoms with Crippen molar-refractivity contribution in [2.75, 3.05) is 0 Å². The van der Waals surface area contributed by atoms with Crippen LogP contribution in [-0.2, 0) is 11.2 Å². The highest BCUT2D eigenvalue weighted by Crippen LogP contribution is 2.29. The first-order chi connectivity index (χ1) is 9.86. The Morgan fingerprint density at radius 3 is 2.70 bits per heavy atom. The van der Waals surface area contributed by atoms with Crippen molar-refractivity contribution < 1.29 is 4.79 Å². The number of carbonyl (C=O) groups is 1. The van der Waals surface area contributed by atoms with Crippen LogP contribution in [0, 0.1) is 0 Å². The normalized spacial score (nSPS) is 17.9. The molecule has 1 aliphatic rings. The van der Waals surface area contributed by atoms with Crippen LogP contribution in [0.2, 0.25) is 0 Å². The lowest BCUT2D eigenvalue weighted by molar-refractivity contribution is -0.109. The number of aromatic nitrogens is 1. The van der Waals surface area contributed by atoms with Gasteiger partial charge in [-0.05, 0) is 42.5 Å². The van der Waals surface area contributed by atoms with Crippen LogP contribution < -0.4 is 0 Å². The van der Waals surface area contributed by atoms with Gasteiger partial charge in [-0.3, -0.25) is 4.98 Å². The van der Waals surface area contributed by atoms with Gasteiger partial charge in [-0.15, -0.1) is 0 Å². The summed E-state index contributed by atoms with van der Waals surface area (Å²) in [5.41, 5.74) is 4.32. The Balaban J connectivity index is 1.86. The monoisotopic (exact) mass is 263 g/mol. The average molecular weight is 263 g/mol. The third kappa shape index (κ3) is 2.69. The van der Waals surface area contributed by atoms with Gasteiger partial charge >= 0.3 is 0 Å². The van der Waals surface area contributed by atoms with Gasteiger partial charge < -0.3 is 4.79 Å². The number of hydrogen-bond acceptors (Lipinski definition) is 2. The third-order valence-electron chi connectivity index (χ3n) is 3.77. The maximum atomic E-state index is 11.1. The van der Waals surface area contributed by atoms with Crippen molar-refractivity contribution in [3.63, 3.8) is 0 Å². The van der Waals surface area contributed by atoms with E-state index in [2.05, 4.69) is 29.3 Å². The fourth-order valence-electron chi connectivity index (χ4n) is 2.69. The van der Waals surface area contributed by atoms with Crippen LogP contribution in [0.1, 0.15) is 41.3 Å². The summed E-state index contributed by atoms with van der Waals surface area (Å²) in [5, 5.41) is 0. The Bertz CT molecular complexity index is 631. The minimum atomic E-state index is 0.0402. The van der Waals surface area contributed by atoms with Crippen molar-refractivity contribution in [1.29, 1.82) is 0 Å². The number of aldehydes is 1. The van der Waals surface area contributed by atoms with Crippen LogP contribution in [0.25, 0.3) is 12.2 Å². The first-order valence-corrected chi connectivity index (χ1v) is 7.05. The fourth-order valence-corrected chi connectivity index (χ4v) is 2.69. The van der Waals surface area contributed by atoms with Crippen molar-refractivity contribution in [3.05, 3.63) is 65.0 Å². The topological polar surface area (TPSA) is 30.0 Å². The van der Waals surface area contributed by atoms with Crippen molar-refractivity contribution in [1.82, 2.24) is 4.98 Å². The predicted octanol–water partition coefficient (Wildman–Crippen LogP) is 3.87. The van der Waals surface area contributed by atoms with E-state index in [0.717, 1.165) is 48.1 Å². The Morgan fingerprint density at radius 2 is 1.90 bits per heavy atom. The largest absolute Gasteiger partial charge is 0.303 e. The fraction of sp³-hybridized carbons (Fsp3) is 0.222. The second kappa shape index (κ2) is 5.83. The number of benzene rings is 1. The average Bonchev–Trinajstić information content (AvgIpc) is 2.53. The molecule has 0 amide bonds. The van der Waals surface area contributed by atoms with E-state index in [1.807, 2.05) is 30.3 Å². The van der Waals surface area contributed by atoms with Crippen molar-refractivity contribution in [2.45, 2.75) is 25.2 Å². The Morgan fingerprint density at radius 1 is 1.05 bits per heavy atom. The molecule has 0 aliphatic heterocycles. The molecule has 1 heterocycles. The van der Waals surface area contributed by atoms with Crippen molar-refractivity contribution in [2.24, 2.45) is 0 Å². The lowest BCUT2D eigenvalue weighted by atomic mass is 9.86. The number of rotatable bonds is 3. The molecule has 1 aromatic heterocycles. The zero-order valence-corrected chi connectivity index (χ0v) is 11.3. The minimum Gasteiger partial charge on any atom is -0.303 e. The van der Waals surface area contributed by atoms with Gasteiger partial charge in [0, 0.05) is 11.6 Å². The molecule has 0 saturated heterocycles. The second-order valence-electron chi connectivity index (χ2n) is 5.15. The molecule has 2 heteroatoms. The molecule has 0 N–H and O–H groups in total. The molecule has 1 atom stereocenters. The molecule has 20 heavy (non-hydrogen) atoms. The summed E-state index contributed by atoms with van der Waals surface area (Å²) in [6.45, 7) is 0. The molecule has 3 rings (SSSR count). The maximum absolute atomic E-state index is 11.1. The van der Waals surface area contributed by atoms with E-state index < -0.39 is 0 Å². The lowest BCUT2D eigenvalue weighted by Crippen LogP contribution is -2.12. The Hall–Kier alpha value is -2.22. The molecule has 1 aliphatic carbocycles. The van der Waals surface area contributed by atoms with E-state index in [-0.39, 0.29) is 5.92 Å². The summed E-state index contributed by atoms with van der Waals surface area (Å²) in [5.74, 6) is 0.0402. The smallest absolute Gasteiger partial charge is 0.127 e. The Kier molecular flexibility index (Phi) is 3.73. The van der Waals surface area contributed by atoms with E-state index in [9.17, 15) is 4.79 Å². The van der Waals surface area contributed by atoms with Crippen LogP contribution >= 0.6 is 0 Å². The lowest BCUT2D eigenvalue weighted by Gasteiger charge is -2.20. The van der Waals surface area contributed by atoms with E-state index in [4.69, 9.17) is 0 Å². The number of carbonyl (C=O) groups excluding carboxylic acids is 1. The molecular weight excluding hydrogens is 246 g/mol. The van der Waals surface area contributed by atoms with Gasteiger partial charge in [-0.25, -0.2) is 0 Å². The number of hydrogen-bond donors (Lipinski definition) is 0. The van der Waals surface area contributed by atoms with Crippen LogP contribution in [0.15, 0.2) is 42.5 Å². The number of fused-ring (bicyclic) bond motifs is 1. The quantitative estimate of drug-likeness (QED) is 0.787. The van der Waals surface area contributed by atoms with E-state index in [1.54, 1.807) is 0 Å². The summed E-state index contributed by atoms with van der Waals surface area (Å²) in [7, 11) is 0. The van der Waals surface area contributed by atoms with Gasteiger partial charge in [0.2, 0.25) is 0 Å². The highest BCUT2D eigenvalue weighted by Gasteiger charge is 2.20. The zero-order chi connectivity index (χ0) is 13.8. The molecule has 0 bridgehead atoms. The van der Waals surface area contributed by atoms with Gasteiger partial charge in [0.05, 0.1) is 5.69 Å². The number of pyridine rings is 1. The Labute approximate surface area is 119 Å². The van der Waals surface area contributed by atoms with Crippen LogP contribution in [-0.4, -0.2) is 11.3 Å². The molecule has 1 unspecified atom stereocenters. The zero-order valence-electron chi connectivity index (χ0n) is 11.3. The molecule has 2 nitrogen and oxygen atoms in total. The van der Waals surface area contributed by atoms with E-state index in [1.165, 1.54) is 0 Å². The SMILES string of the molecule is O=CC1CCCc2nc(C=Cc3ccccc3)ccc21. The molecule has 0 fully saturated rings. The third-order valence-corrected chi connectivity index (χ3v) is 3.77. The van der Waals surface area contributed by atoms with E-state index in [0.29, 0.717) is 0 Å². The molecule has 1 aromatic carbocycles. The highest BCUT2D eigenvalue weighted by molar-refractivity contribution is 5.69. The first-order valence-electron chi connectivity index (χ1n) is 7.05. The molecule has 2 aromatic rings. The van der Waals surface area contributed by atoms with Crippen LogP contribution in [0.4, 0.5) is 0 Å². The summed E-state index contributed by atoms with van der Waals surface area (Å²) in [6.07, 6.45) is 8.13. The molecule has 0 radical (unpaired) electrons. The summed E-state index contributed by atoms with van der Waals surface area (Å²) in [6, 6.07) is 14.2. The van der Waals surface area contributed by atoms with Gasteiger partial charge in [-0.2, -0.15) is 0 Å². The number of aryl methyl sites for hydroxylation is 1. The minimum absolute atomic E-state index is 0.0402. The van der Waals surface area contributed by atoms with Gasteiger partial charge in [0.25, 0.3) is 0 Å². The van der Waals surface area contributed by atoms with Gasteiger partial charge in [0.1, 0.15) is 6.29 Å². The van der Waals surface area contributed by atoms with Crippen molar-refractivity contribution in [3.8, 4) is 0 Å².